The Kier molecular flexibility index (Phi) is 2.97. The number of hydrogen-bond acceptors (Lipinski definition) is 3. The molecule has 2 aromatic carbocycles. The zero-order valence-corrected chi connectivity index (χ0v) is 11.6. The van der Waals surface area contributed by atoms with Gasteiger partial charge in [-0.3, -0.25) is 0 Å². The SMILES string of the molecule is Cc1cc(C)c2c(c1O)C(=NO)C(c1ccccc1)C2. The number of fused-ring (bicyclic) bond motifs is 1. The van der Waals surface area contributed by atoms with Crippen LogP contribution in [0.5, 0.6) is 5.75 Å². The lowest BCUT2D eigenvalue weighted by atomic mass is 9.94. The van der Waals surface area contributed by atoms with Crippen molar-refractivity contribution in [2.24, 2.45) is 5.16 Å². The average Bonchev–Trinajstić information content (AvgIpc) is 2.86. The van der Waals surface area contributed by atoms with Crippen molar-refractivity contribution in [1.29, 1.82) is 0 Å². The molecule has 0 amide bonds. The monoisotopic (exact) mass is 267 g/mol. The van der Waals surface area contributed by atoms with E-state index in [1.165, 1.54) is 0 Å². The second-order valence-electron chi connectivity index (χ2n) is 5.37. The van der Waals surface area contributed by atoms with Crippen molar-refractivity contribution in [3.05, 3.63) is 64.2 Å². The summed E-state index contributed by atoms with van der Waals surface area (Å²) in [6.45, 7) is 3.90. The van der Waals surface area contributed by atoms with Crippen LogP contribution in [0.4, 0.5) is 0 Å². The van der Waals surface area contributed by atoms with Gasteiger partial charge in [-0.25, -0.2) is 0 Å². The maximum Gasteiger partial charge on any atom is 0.127 e. The average molecular weight is 267 g/mol. The molecule has 1 aliphatic carbocycles. The number of aryl methyl sites for hydroxylation is 2. The highest BCUT2D eigenvalue weighted by atomic mass is 16.4. The second-order valence-corrected chi connectivity index (χ2v) is 5.37. The fraction of sp³-hybridized carbons (Fsp3) is 0.235. The Balaban J connectivity index is 2.18. The third-order valence-electron chi connectivity index (χ3n) is 4.13. The minimum absolute atomic E-state index is 0.00241. The van der Waals surface area contributed by atoms with Gasteiger partial charge in [0.25, 0.3) is 0 Å². The molecule has 0 aromatic heterocycles. The van der Waals surface area contributed by atoms with Crippen LogP contribution in [-0.4, -0.2) is 16.0 Å². The summed E-state index contributed by atoms with van der Waals surface area (Å²) in [7, 11) is 0. The first-order chi connectivity index (χ1) is 9.63. The van der Waals surface area contributed by atoms with Gasteiger partial charge in [-0.1, -0.05) is 41.6 Å². The molecule has 0 fully saturated rings. The Labute approximate surface area is 118 Å². The van der Waals surface area contributed by atoms with Gasteiger partial charge in [0.15, 0.2) is 0 Å². The van der Waals surface area contributed by atoms with Crippen LogP contribution in [0, 0.1) is 13.8 Å². The zero-order chi connectivity index (χ0) is 14.3. The van der Waals surface area contributed by atoms with E-state index in [9.17, 15) is 10.3 Å². The molecular formula is C17H17NO2. The highest BCUT2D eigenvalue weighted by Gasteiger charge is 2.34. The van der Waals surface area contributed by atoms with E-state index < -0.39 is 0 Å². The predicted molar refractivity (Wildman–Crippen MR) is 78.8 cm³/mol. The molecular weight excluding hydrogens is 250 g/mol. The van der Waals surface area contributed by atoms with E-state index >= 15 is 0 Å². The Morgan fingerprint density at radius 2 is 1.80 bits per heavy atom. The molecule has 0 aliphatic heterocycles. The van der Waals surface area contributed by atoms with E-state index in [0.29, 0.717) is 11.3 Å². The molecule has 102 valence electrons. The largest absolute Gasteiger partial charge is 0.507 e. The fourth-order valence-electron chi connectivity index (χ4n) is 3.11. The summed E-state index contributed by atoms with van der Waals surface area (Å²) in [6, 6.07) is 12.0. The topological polar surface area (TPSA) is 52.8 Å². The molecule has 2 N–H and O–H groups in total. The highest BCUT2D eigenvalue weighted by Crippen LogP contribution is 2.41. The number of hydrogen-bond donors (Lipinski definition) is 2. The summed E-state index contributed by atoms with van der Waals surface area (Å²) in [4.78, 5) is 0. The molecule has 1 unspecified atom stereocenters. The first-order valence-electron chi connectivity index (χ1n) is 6.72. The van der Waals surface area contributed by atoms with Gasteiger partial charge in [-0.05, 0) is 42.5 Å². The molecule has 0 radical (unpaired) electrons. The number of phenolic OH excluding ortho intramolecular Hbond substituents is 1. The van der Waals surface area contributed by atoms with Crippen molar-refractivity contribution in [3.63, 3.8) is 0 Å². The molecule has 3 nitrogen and oxygen atoms in total. The Morgan fingerprint density at radius 3 is 2.45 bits per heavy atom. The third kappa shape index (κ3) is 1.78. The molecule has 3 heteroatoms. The van der Waals surface area contributed by atoms with Crippen LogP contribution in [0.1, 0.15) is 33.7 Å². The molecule has 3 rings (SSSR count). The van der Waals surface area contributed by atoms with E-state index in [1.807, 2.05) is 50.2 Å². The van der Waals surface area contributed by atoms with Gasteiger partial charge in [0, 0.05) is 11.5 Å². The van der Waals surface area contributed by atoms with Gasteiger partial charge in [0.1, 0.15) is 5.75 Å². The van der Waals surface area contributed by atoms with E-state index in [2.05, 4.69) is 5.16 Å². The molecule has 1 aliphatic rings. The van der Waals surface area contributed by atoms with E-state index in [0.717, 1.165) is 28.7 Å². The molecule has 1 atom stereocenters. The van der Waals surface area contributed by atoms with Crippen LogP contribution in [-0.2, 0) is 6.42 Å². The van der Waals surface area contributed by atoms with Crippen LogP contribution >= 0.6 is 0 Å². The summed E-state index contributed by atoms with van der Waals surface area (Å²) in [5.74, 6) is 0.236. The number of oxime groups is 1. The first-order valence-corrected chi connectivity index (χ1v) is 6.72. The van der Waals surface area contributed by atoms with Gasteiger partial charge in [-0.15, -0.1) is 0 Å². The maximum absolute atomic E-state index is 10.3. The zero-order valence-electron chi connectivity index (χ0n) is 11.6. The molecule has 0 saturated carbocycles. The van der Waals surface area contributed by atoms with Crippen LogP contribution in [0.25, 0.3) is 0 Å². The Hall–Kier alpha value is -2.29. The van der Waals surface area contributed by atoms with E-state index in [1.54, 1.807) is 0 Å². The number of benzene rings is 2. The van der Waals surface area contributed by atoms with Crippen LogP contribution in [0.15, 0.2) is 41.6 Å². The number of rotatable bonds is 1. The smallest absolute Gasteiger partial charge is 0.127 e. The van der Waals surface area contributed by atoms with Crippen molar-refractivity contribution in [1.82, 2.24) is 0 Å². The van der Waals surface area contributed by atoms with Gasteiger partial charge < -0.3 is 10.3 Å². The second kappa shape index (κ2) is 4.67. The predicted octanol–water partition coefficient (Wildman–Crippen LogP) is 3.53. The molecule has 0 spiro atoms. The van der Waals surface area contributed by atoms with Crippen molar-refractivity contribution >= 4 is 5.71 Å². The fourth-order valence-corrected chi connectivity index (χ4v) is 3.11. The normalized spacial score (nSPS) is 19.3. The lowest BCUT2D eigenvalue weighted by Crippen LogP contribution is -2.08. The maximum atomic E-state index is 10.3. The van der Waals surface area contributed by atoms with Gasteiger partial charge in [0.2, 0.25) is 0 Å². The van der Waals surface area contributed by atoms with Gasteiger partial charge in [0.05, 0.1) is 5.71 Å². The summed E-state index contributed by atoms with van der Waals surface area (Å²) >= 11 is 0. The van der Waals surface area contributed by atoms with E-state index in [4.69, 9.17) is 0 Å². The summed E-state index contributed by atoms with van der Waals surface area (Å²) < 4.78 is 0. The molecule has 0 saturated heterocycles. The third-order valence-corrected chi connectivity index (χ3v) is 4.13. The lowest BCUT2D eigenvalue weighted by Gasteiger charge is -2.11. The quantitative estimate of drug-likeness (QED) is 0.613. The summed E-state index contributed by atoms with van der Waals surface area (Å²) in [5, 5.41) is 23.2. The van der Waals surface area contributed by atoms with E-state index in [-0.39, 0.29) is 11.7 Å². The Morgan fingerprint density at radius 1 is 1.10 bits per heavy atom. The molecule has 2 aromatic rings. The van der Waals surface area contributed by atoms with Crippen molar-refractivity contribution in [2.75, 3.05) is 0 Å². The van der Waals surface area contributed by atoms with Gasteiger partial charge in [-0.2, -0.15) is 0 Å². The van der Waals surface area contributed by atoms with Crippen LogP contribution in [0.3, 0.4) is 0 Å². The van der Waals surface area contributed by atoms with Crippen LogP contribution < -0.4 is 0 Å². The molecule has 0 heterocycles. The first kappa shape index (κ1) is 12.7. The Bertz CT molecular complexity index is 690. The molecule has 20 heavy (non-hydrogen) atoms. The standard InChI is InChI=1S/C17H17NO2/c1-10-8-11(2)17(19)15-13(10)9-14(16(15)18-20)12-6-4-3-5-7-12/h3-8,14,19-20H,9H2,1-2H3. The number of aromatic hydroxyl groups is 1. The summed E-state index contributed by atoms with van der Waals surface area (Å²) in [6.07, 6.45) is 0.762. The van der Waals surface area contributed by atoms with Gasteiger partial charge >= 0.3 is 0 Å². The lowest BCUT2D eigenvalue weighted by molar-refractivity contribution is 0.317. The molecule has 0 bridgehead atoms. The minimum Gasteiger partial charge on any atom is -0.507 e. The minimum atomic E-state index is 0.00241. The van der Waals surface area contributed by atoms with Crippen LogP contribution in [0.2, 0.25) is 0 Å². The number of nitrogens with zero attached hydrogens (tertiary/aromatic N) is 1. The highest BCUT2D eigenvalue weighted by molar-refractivity contribution is 6.11. The van der Waals surface area contributed by atoms with Crippen molar-refractivity contribution < 1.29 is 10.3 Å². The van der Waals surface area contributed by atoms with Crippen molar-refractivity contribution in [3.8, 4) is 5.75 Å². The number of phenols is 1. The van der Waals surface area contributed by atoms with Crippen molar-refractivity contribution in [2.45, 2.75) is 26.2 Å². The summed E-state index contributed by atoms with van der Waals surface area (Å²) in [5.41, 5.74) is 5.41.